The fraction of sp³-hybridized carbons (Fsp3) is 0.176. The Kier molecular flexibility index (Phi) is 4.16. The van der Waals surface area contributed by atoms with Crippen LogP contribution in [-0.2, 0) is 13.1 Å². The monoisotopic (exact) mass is 294 g/mol. The number of rotatable bonds is 5. The number of aromatic nitrogens is 3. The van der Waals surface area contributed by atoms with Gasteiger partial charge in [0.2, 0.25) is 0 Å². The van der Waals surface area contributed by atoms with E-state index in [0.29, 0.717) is 13.1 Å². The minimum atomic E-state index is 0.554. The number of methoxy groups -OCH3 is 1. The summed E-state index contributed by atoms with van der Waals surface area (Å²) in [4.78, 5) is 0. The zero-order valence-electron chi connectivity index (χ0n) is 12.4. The molecule has 3 aromatic rings. The first kappa shape index (κ1) is 14.3. The molecule has 0 radical (unpaired) electrons. The summed E-state index contributed by atoms with van der Waals surface area (Å²) in [6.45, 7) is 1.22. The topological polar surface area (TPSA) is 66.0 Å². The molecule has 0 bridgehead atoms. The first-order valence-electron chi connectivity index (χ1n) is 7.11. The van der Waals surface area contributed by atoms with Gasteiger partial charge in [0.15, 0.2) is 0 Å². The molecule has 0 saturated heterocycles. The van der Waals surface area contributed by atoms with E-state index in [1.807, 2.05) is 41.1 Å². The summed E-state index contributed by atoms with van der Waals surface area (Å²) >= 11 is 0. The zero-order valence-corrected chi connectivity index (χ0v) is 12.4. The van der Waals surface area contributed by atoms with Gasteiger partial charge in [-0.25, -0.2) is 4.68 Å². The molecule has 0 spiro atoms. The third-order valence-electron chi connectivity index (χ3n) is 3.57. The molecular weight excluding hydrogens is 276 g/mol. The van der Waals surface area contributed by atoms with Gasteiger partial charge in [0.1, 0.15) is 5.75 Å². The Labute approximate surface area is 129 Å². The Morgan fingerprint density at radius 3 is 2.59 bits per heavy atom. The van der Waals surface area contributed by atoms with Crippen LogP contribution in [0.5, 0.6) is 5.75 Å². The van der Waals surface area contributed by atoms with Crippen molar-refractivity contribution in [3.05, 3.63) is 65.9 Å². The molecule has 0 aliphatic rings. The Balaban J connectivity index is 1.87. The van der Waals surface area contributed by atoms with Gasteiger partial charge < -0.3 is 10.5 Å². The number of hydrogen-bond acceptors (Lipinski definition) is 4. The highest BCUT2D eigenvalue weighted by atomic mass is 16.5. The minimum absolute atomic E-state index is 0.554. The van der Waals surface area contributed by atoms with Gasteiger partial charge in [-0.05, 0) is 23.3 Å². The van der Waals surface area contributed by atoms with Gasteiger partial charge >= 0.3 is 0 Å². The highest BCUT2D eigenvalue weighted by Gasteiger charge is 2.08. The molecule has 0 fully saturated rings. The van der Waals surface area contributed by atoms with Crippen LogP contribution in [0.2, 0.25) is 0 Å². The third kappa shape index (κ3) is 2.99. The lowest BCUT2D eigenvalue weighted by Crippen LogP contribution is -2.04. The molecule has 1 aromatic heterocycles. The van der Waals surface area contributed by atoms with Crippen LogP contribution in [0.25, 0.3) is 11.3 Å². The van der Waals surface area contributed by atoms with Gasteiger partial charge in [0, 0.05) is 12.1 Å². The van der Waals surface area contributed by atoms with Gasteiger partial charge in [-0.15, -0.1) is 5.10 Å². The SMILES string of the molecule is COc1cccc(-c2cnnn2Cc2ccc(CN)cc2)c1. The number of ether oxygens (including phenoxy) is 1. The zero-order chi connectivity index (χ0) is 15.4. The molecule has 0 saturated carbocycles. The summed E-state index contributed by atoms with van der Waals surface area (Å²) in [5.74, 6) is 0.817. The number of benzene rings is 2. The van der Waals surface area contributed by atoms with Gasteiger partial charge in [-0.3, -0.25) is 0 Å². The van der Waals surface area contributed by atoms with Crippen LogP contribution in [0.4, 0.5) is 0 Å². The maximum Gasteiger partial charge on any atom is 0.119 e. The Morgan fingerprint density at radius 2 is 1.86 bits per heavy atom. The van der Waals surface area contributed by atoms with E-state index in [-0.39, 0.29) is 0 Å². The molecule has 5 heteroatoms. The molecule has 0 unspecified atom stereocenters. The van der Waals surface area contributed by atoms with E-state index in [1.54, 1.807) is 13.3 Å². The lowest BCUT2D eigenvalue weighted by Gasteiger charge is -2.08. The quantitative estimate of drug-likeness (QED) is 0.785. The predicted octanol–water partition coefficient (Wildman–Crippen LogP) is 2.46. The van der Waals surface area contributed by atoms with E-state index in [1.165, 1.54) is 0 Å². The summed E-state index contributed by atoms with van der Waals surface area (Å²) in [6, 6.07) is 16.1. The predicted molar refractivity (Wildman–Crippen MR) is 85.4 cm³/mol. The molecule has 0 atom stereocenters. The summed E-state index contributed by atoms with van der Waals surface area (Å²) in [5.41, 5.74) is 9.89. The minimum Gasteiger partial charge on any atom is -0.497 e. The van der Waals surface area contributed by atoms with Crippen LogP contribution in [0, 0.1) is 0 Å². The second-order valence-electron chi connectivity index (χ2n) is 5.03. The molecule has 1 heterocycles. The normalized spacial score (nSPS) is 10.6. The summed E-state index contributed by atoms with van der Waals surface area (Å²) in [6.07, 6.45) is 1.77. The van der Waals surface area contributed by atoms with Crippen molar-refractivity contribution in [2.45, 2.75) is 13.1 Å². The Hall–Kier alpha value is -2.66. The van der Waals surface area contributed by atoms with Crippen LogP contribution in [-0.4, -0.2) is 22.1 Å². The van der Waals surface area contributed by atoms with Gasteiger partial charge in [-0.2, -0.15) is 0 Å². The van der Waals surface area contributed by atoms with E-state index in [0.717, 1.165) is 28.1 Å². The Bertz CT molecular complexity index is 749. The van der Waals surface area contributed by atoms with E-state index in [9.17, 15) is 0 Å². The molecule has 112 valence electrons. The van der Waals surface area contributed by atoms with Crippen molar-refractivity contribution in [3.8, 4) is 17.0 Å². The van der Waals surface area contributed by atoms with Crippen LogP contribution < -0.4 is 10.5 Å². The highest BCUT2D eigenvalue weighted by molar-refractivity contribution is 5.60. The third-order valence-corrected chi connectivity index (χ3v) is 3.57. The fourth-order valence-corrected chi connectivity index (χ4v) is 2.33. The largest absolute Gasteiger partial charge is 0.497 e. The van der Waals surface area contributed by atoms with Crippen LogP contribution in [0.15, 0.2) is 54.7 Å². The maximum absolute atomic E-state index is 5.62. The Morgan fingerprint density at radius 1 is 1.09 bits per heavy atom. The van der Waals surface area contributed by atoms with Crippen molar-refractivity contribution in [3.63, 3.8) is 0 Å². The number of hydrogen-bond donors (Lipinski definition) is 1. The molecule has 0 amide bonds. The smallest absolute Gasteiger partial charge is 0.119 e. The summed E-state index contributed by atoms with van der Waals surface area (Å²) < 4.78 is 7.16. The highest BCUT2D eigenvalue weighted by Crippen LogP contribution is 2.23. The summed E-state index contributed by atoms with van der Waals surface area (Å²) in [5, 5.41) is 8.22. The second kappa shape index (κ2) is 6.41. The number of nitrogens with zero attached hydrogens (tertiary/aromatic N) is 3. The molecule has 0 aliphatic heterocycles. The second-order valence-corrected chi connectivity index (χ2v) is 5.03. The van der Waals surface area contributed by atoms with Crippen molar-refractivity contribution >= 4 is 0 Å². The maximum atomic E-state index is 5.62. The molecular formula is C17H18N4O. The van der Waals surface area contributed by atoms with Crippen molar-refractivity contribution in [2.75, 3.05) is 7.11 Å². The van der Waals surface area contributed by atoms with E-state index in [2.05, 4.69) is 22.4 Å². The van der Waals surface area contributed by atoms with Crippen molar-refractivity contribution in [1.29, 1.82) is 0 Å². The average molecular weight is 294 g/mol. The lowest BCUT2D eigenvalue weighted by atomic mass is 10.1. The van der Waals surface area contributed by atoms with Crippen molar-refractivity contribution in [2.24, 2.45) is 5.73 Å². The first-order valence-corrected chi connectivity index (χ1v) is 7.11. The van der Waals surface area contributed by atoms with Crippen LogP contribution >= 0.6 is 0 Å². The lowest BCUT2D eigenvalue weighted by molar-refractivity contribution is 0.415. The van der Waals surface area contributed by atoms with E-state index >= 15 is 0 Å². The van der Waals surface area contributed by atoms with Gasteiger partial charge in [-0.1, -0.05) is 41.6 Å². The molecule has 0 aliphatic carbocycles. The molecule has 2 N–H and O–H groups in total. The van der Waals surface area contributed by atoms with Crippen molar-refractivity contribution in [1.82, 2.24) is 15.0 Å². The molecule has 5 nitrogen and oxygen atoms in total. The van der Waals surface area contributed by atoms with Crippen LogP contribution in [0.1, 0.15) is 11.1 Å². The van der Waals surface area contributed by atoms with Crippen LogP contribution in [0.3, 0.4) is 0 Å². The summed E-state index contributed by atoms with van der Waals surface area (Å²) in [7, 11) is 1.66. The fourth-order valence-electron chi connectivity index (χ4n) is 2.33. The molecule has 2 aromatic carbocycles. The number of nitrogens with two attached hydrogens (primary N) is 1. The average Bonchev–Trinajstić information content (AvgIpc) is 3.04. The van der Waals surface area contributed by atoms with E-state index < -0.39 is 0 Å². The van der Waals surface area contributed by atoms with Crippen molar-refractivity contribution < 1.29 is 4.74 Å². The first-order chi connectivity index (χ1) is 10.8. The van der Waals surface area contributed by atoms with E-state index in [4.69, 9.17) is 10.5 Å². The standard InChI is InChI=1S/C17H18N4O/c1-22-16-4-2-3-15(9-16)17-11-19-20-21(17)12-14-7-5-13(10-18)6-8-14/h2-9,11H,10,12,18H2,1H3. The molecule has 3 rings (SSSR count). The molecule has 22 heavy (non-hydrogen) atoms. The van der Waals surface area contributed by atoms with Gasteiger partial charge in [0.05, 0.1) is 25.5 Å². The van der Waals surface area contributed by atoms with Gasteiger partial charge in [0.25, 0.3) is 0 Å².